The van der Waals surface area contributed by atoms with Crippen molar-refractivity contribution in [2.75, 3.05) is 5.73 Å². The van der Waals surface area contributed by atoms with Gasteiger partial charge >= 0.3 is 0 Å². The van der Waals surface area contributed by atoms with Crippen molar-refractivity contribution in [3.05, 3.63) is 18.2 Å². The number of H-pyrrole nitrogens is 1. The van der Waals surface area contributed by atoms with E-state index in [1.165, 1.54) is 0 Å². The number of nitrogens with two attached hydrogens (primary N) is 1. The van der Waals surface area contributed by atoms with Gasteiger partial charge in [-0.25, -0.2) is 4.98 Å². The molecule has 1 atom stereocenters. The fourth-order valence-corrected chi connectivity index (χ4v) is 1.31. The molecule has 11 heavy (non-hydrogen) atoms. The lowest BCUT2D eigenvalue weighted by molar-refractivity contribution is 1.35. The molecule has 0 aliphatic rings. The van der Waals surface area contributed by atoms with E-state index in [9.17, 15) is 0 Å². The number of hydrogen-bond donors (Lipinski definition) is 2. The van der Waals surface area contributed by atoms with Crippen LogP contribution in [0.15, 0.2) is 18.2 Å². The van der Waals surface area contributed by atoms with Crippen LogP contribution in [0.1, 0.15) is 0 Å². The van der Waals surface area contributed by atoms with Crippen LogP contribution in [-0.4, -0.2) is 9.97 Å². The standard InChI is InChI=1S/C7H8N3P/c8-7-9-5-2-1-4(11)3-6(5)10-7/h1-3H,11H2,(H3,8,9,10). The number of benzene rings is 1. The molecule has 0 bridgehead atoms. The molecule has 4 heteroatoms. The van der Waals surface area contributed by atoms with Crippen LogP contribution < -0.4 is 11.0 Å². The summed E-state index contributed by atoms with van der Waals surface area (Å²) in [6.45, 7) is 0. The van der Waals surface area contributed by atoms with Gasteiger partial charge in [0.25, 0.3) is 0 Å². The van der Waals surface area contributed by atoms with E-state index >= 15 is 0 Å². The zero-order chi connectivity index (χ0) is 7.84. The molecule has 2 aromatic rings. The van der Waals surface area contributed by atoms with Crippen LogP contribution in [0.4, 0.5) is 5.95 Å². The van der Waals surface area contributed by atoms with E-state index in [1.807, 2.05) is 18.2 Å². The average molecular weight is 165 g/mol. The maximum Gasteiger partial charge on any atom is 0.198 e. The normalized spacial score (nSPS) is 10.6. The van der Waals surface area contributed by atoms with Crippen LogP contribution in [0.5, 0.6) is 0 Å². The van der Waals surface area contributed by atoms with E-state index in [4.69, 9.17) is 5.73 Å². The monoisotopic (exact) mass is 165 g/mol. The second-order valence-electron chi connectivity index (χ2n) is 2.40. The molecule has 1 heterocycles. The average Bonchev–Trinajstić information content (AvgIpc) is 2.27. The zero-order valence-corrected chi connectivity index (χ0v) is 6.99. The molecule has 0 fully saturated rings. The molecule has 0 aliphatic carbocycles. The van der Waals surface area contributed by atoms with Gasteiger partial charge in [0.1, 0.15) is 0 Å². The largest absolute Gasteiger partial charge is 0.369 e. The number of nitrogen functional groups attached to an aromatic ring is 1. The molecule has 1 aromatic carbocycles. The van der Waals surface area contributed by atoms with Crippen molar-refractivity contribution in [1.29, 1.82) is 0 Å². The summed E-state index contributed by atoms with van der Waals surface area (Å²) in [5, 5.41) is 1.13. The number of aromatic nitrogens is 2. The van der Waals surface area contributed by atoms with Gasteiger partial charge in [0.05, 0.1) is 11.0 Å². The molecule has 0 amide bonds. The minimum atomic E-state index is 0.468. The van der Waals surface area contributed by atoms with Crippen molar-refractivity contribution < 1.29 is 0 Å². The van der Waals surface area contributed by atoms with Gasteiger partial charge in [0.15, 0.2) is 5.95 Å². The Labute approximate surface area is 66.2 Å². The van der Waals surface area contributed by atoms with Crippen molar-refractivity contribution in [1.82, 2.24) is 9.97 Å². The predicted molar refractivity (Wildman–Crippen MR) is 49.9 cm³/mol. The number of nitrogens with one attached hydrogen (secondary N) is 1. The maximum atomic E-state index is 5.47. The minimum Gasteiger partial charge on any atom is -0.369 e. The van der Waals surface area contributed by atoms with Crippen molar-refractivity contribution in [3.63, 3.8) is 0 Å². The molecule has 56 valence electrons. The summed E-state index contributed by atoms with van der Waals surface area (Å²) in [4.78, 5) is 7.02. The van der Waals surface area contributed by atoms with Crippen molar-refractivity contribution >= 4 is 31.5 Å². The van der Waals surface area contributed by atoms with Gasteiger partial charge in [0.2, 0.25) is 0 Å². The third-order valence-electron chi connectivity index (χ3n) is 1.52. The van der Waals surface area contributed by atoms with Gasteiger partial charge in [-0.1, -0.05) is 6.07 Å². The van der Waals surface area contributed by atoms with E-state index in [0.717, 1.165) is 16.3 Å². The van der Waals surface area contributed by atoms with Crippen LogP contribution in [0.2, 0.25) is 0 Å². The number of nitrogens with zero attached hydrogens (tertiary/aromatic N) is 1. The summed E-state index contributed by atoms with van der Waals surface area (Å²) in [5.41, 5.74) is 7.36. The van der Waals surface area contributed by atoms with E-state index in [0.29, 0.717) is 5.95 Å². The summed E-state index contributed by atoms with van der Waals surface area (Å²) < 4.78 is 0. The number of rotatable bonds is 0. The quantitative estimate of drug-likeness (QED) is 0.563. The lowest BCUT2D eigenvalue weighted by Gasteiger charge is -1.88. The summed E-state index contributed by atoms with van der Waals surface area (Å²) in [7, 11) is 2.62. The number of imidazole rings is 1. The summed E-state index contributed by atoms with van der Waals surface area (Å²) in [5.74, 6) is 0.468. The Morgan fingerprint density at radius 3 is 3.09 bits per heavy atom. The molecule has 0 saturated carbocycles. The van der Waals surface area contributed by atoms with Crippen LogP contribution in [0.3, 0.4) is 0 Å². The highest BCUT2D eigenvalue weighted by atomic mass is 31.0. The van der Waals surface area contributed by atoms with E-state index < -0.39 is 0 Å². The number of fused-ring (bicyclic) bond motifs is 1. The molecule has 2 rings (SSSR count). The Bertz CT molecular complexity index is 393. The van der Waals surface area contributed by atoms with Crippen molar-refractivity contribution in [2.45, 2.75) is 0 Å². The number of anilines is 1. The molecule has 1 aromatic heterocycles. The Balaban J connectivity index is 2.82. The topological polar surface area (TPSA) is 54.7 Å². The number of aromatic amines is 1. The van der Waals surface area contributed by atoms with Gasteiger partial charge in [-0.2, -0.15) is 0 Å². The second kappa shape index (κ2) is 2.21. The molecular weight excluding hydrogens is 157 g/mol. The first-order chi connectivity index (χ1) is 5.25. The molecule has 3 N–H and O–H groups in total. The third kappa shape index (κ3) is 1.08. The fourth-order valence-electron chi connectivity index (χ4n) is 1.05. The first-order valence-electron chi connectivity index (χ1n) is 3.26. The first kappa shape index (κ1) is 6.62. The van der Waals surface area contributed by atoms with Gasteiger partial charge in [-0.05, 0) is 17.4 Å². The van der Waals surface area contributed by atoms with E-state index in [1.54, 1.807) is 0 Å². The van der Waals surface area contributed by atoms with Gasteiger partial charge in [-0.15, -0.1) is 9.24 Å². The first-order valence-corrected chi connectivity index (χ1v) is 3.84. The van der Waals surface area contributed by atoms with Crippen molar-refractivity contribution in [2.24, 2.45) is 0 Å². The van der Waals surface area contributed by atoms with E-state index in [2.05, 4.69) is 19.2 Å². The van der Waals surface area contributed by atoms with Gasteiger partial charge in [0, 0.05) is 0 Å². The molecule has 0 saturated heterocycles. The highest BCUT2D eigenvalue weighted by Crippen LogP contribution is 2.10. The van der Waals surface area contributed by atoms with Crippen molar-refractivity contribution in [3.8, 4) is 0 Å². The molecule has 1 unspecified atom stereocenters. The molecule has 0 spiro atoms. The predicted octanol–water partition coefficient (Wildman–Crippen LogP) is 0.645. The smallest absolute Gasteiger partial charge is 0.198 e. The molecule has 0 radical (unpaired) electrons. The van der Waals surface area contributed by atoms with Crippen LogP contribution in [0.25, 0.3) is 11.0 Å². The Kier molecular flexibility index (Phi) is 1.33. The second-order valence-corrected chi connectivity index (χ2v) is 3.07. The Morgan fingerprint density at radius 1 is 1.45 bits per heavy atom. The Hall–Kier alpha value is -1.08. The summed E-state index contributed by atoms with van der Waals surface area (Å²) >= 11 is 0. The molecule has 0 aliphatic heterocycles. The van der Waals surface area contributed by atoms with Gasteiger partial charge in [-0.3, -0.25) is 0 Å². The maximum absolute atomic E-state index is 5.47. The number of hydrogen-bond acceptors (Lipinski definition) is 2. The minimum absolute atomic E-state index is 0.468. The Morgan fingerprint density at radius 2 is 2.27 bits per heavy atom. The van der Waals surface area contributed by atoms with Crippen LogP contribution in [-0.2, 0) is 0 Å². The highest BCUT2D eigenvalue weighted by Gasteiger charge is 1.97. The zero-order valence-electron chi connectivity index (χ0n) is 5.83. The van der Waals surface area contributed by atoms with Crippen LogP contribution >= 0.6 is 9.24 Å². The summed E-state index contributed by atoms with van der Waals surface area (Å²) in [6.07, 6.45) is 0. The molecular formula is C7H8N3P. The van der Waals surface area contributed by atoms with E-state index in [-0.39, 0.29) is 0 Å². The lowest BCUT2D eigenvalue weighted by Crippen LogP contribution is -1.86. The fraction of sp³-hybridized carbons (Fsp3) is 0. The highest BCUT2D eigenvalue weighted by molar-refractivity contribution is 7.27. The third-order valence-corrected chi connectivity index (χ3v) is 1.88. The molecule has 3 nitrogen and oxygen atoms in total. The summed E-state index contributed by atoms with van der Waals surface area (Å²) in [6, 6.07) is 5.90. The lowest BCUT2D eigenvalue weighted by atomic mass is 10.3. The van der Waals surface area contributed by atoms with Gasteiger partial charge < -0.3 is 10.7 Å². The SMILES string of the molecule is Nc1nc2ccc(P)cc2[nH]1. The van der Waals surface area contributed by atoms with Crippen LogP contribution in [0, 0.1) is 0 Å².